The van der Waals surface area contributed by atoms with Gasteiger partial charge in [0.15, 0.2) is 4.80 Å². The smallest absolute Gasteiger partial charge is 0.338 e. The van der Waals surface area contributed by atoms with Crippen molar-refractivity contribution in [1.82, 2.24) is 4.57 Å². The molecule has 9 heteroatoms. The van der Waals surface area contributed by atoms with Crippen LogP contribution < -0.4 is 19.6 Å². The largest absolute Gasteiger partial charge is 0.489 e. The van der Waals surface area contributed by atoms with Gasteiger partial charge in [0.1, 0.15) is 12.4 Å². The summed E-state index contributed by atoms with van der Waals surface area (Å²) in [6.07, 6.45) is 3.84. The third-order valence-electron chi connectivity index (χ3n) is 7.28. The Morgan fingerprint density at radius 2 is 1.76 bits per heavy atom. The molecule has 1 aliphatic heterocycles. The van der Waals surface area contributed by atoms with Crippen molar-refractivity contribution >= 4 is 52.4 Å². The Bertz CT molecular complexity index is 2050. The molecule has 2 heterocycles. The van der Waals surface area contributed by atoms with Gasteiger partial charge >= 0.3 is 5.97 Å². The van der Waals surface area contributed by atoms with Crippen LogP contribution in [-0.4, -0.2) is 23.4 Å². The predicted molar refractivity (Wildman–Crippen MR) is 182 cm³/mol. The van der Waals surface area contributed by atoms with Crippen LogP contribution in [0.4, 0.5) is 0 Å². The lowest BCUT2D eigenvalue weighted by atomic mass is 9.93. The van der Waals surface area contributed by atoms with Gasteiger partial charge in [-0.05, 0) is 72.3 Å². The number of hydrogen-bond acceptors (Lipinski definition) is 7. The van der Waals surface area contributed by atoms with Gasteiger partial charge in [-0.1, -0.05) is 89.7 Å². The second-order valence-electron chi connectivity index (χ2n) is 10.2. The molecule has 0 N–H and O–H groups in total. The van der Waals surface area contributed by atoms with Crippen LogP contribution in [0.3, 0.4) is 0 Å². The molecule has 0 radical (unpaired) electrons. The molecule has 4 aromatic carbocycles. The molecule has 1 aromatic heterocycles. The number of ether oxygens (including phenoxy) is 2. The number of carbonyl (C=O) groups is 1. The fourth-order valence-electron chi connectivity index (χ4n) is 5.13. The van der Waals surface area contributed by atoms with E-state index in [1.165, 1.54) is 11.3 Å². The number of carbonyl (C=O) groups excluding carboxylic acids is 1. The molecule has 0 spiro atoms. The highest BCUT2D eigenvalue weighted by Crippen LogP contribution is 2.35. The number of esters is 1. The van der Waals surface area contributed by atoms with Crippen LogP contribution >= 0.6 is 34.7 Å². The van der Waals surface area contributed by atoms with Crippen molar-refractivity contribution in [1.29, 1.82) is 0 Å². The number of fused-ring (bicyclic) bond motifs is 1. The van der Waals surface area contributed by atoms with Crippen LogP contribution in [0.25, 0.3) is 11.8 Å². The van der Waals surface area contributed by atoms with Gasteiger partial charge in [-0.2, -0.15) is 0 Å². The molecule has 1 aliphatic rings. The zero-order valence-corrected chi connectivity index (χ0v) is 27.0. The average Bonchev–Trinajstić information content (AvgIpc) is 3.38. The average molecular weight is 653 g/mol. The summed E-state index contributed by atoms with van der Waals surface area (Å²) in [6, 6.07) is 31.8. The van der Waals surface area contributed by atoms with Crippen molar-refractivity contribution in [2.24, 2.45) is 4.99 Å². The molecule has 0 amide bonds. The van der Waals surface area contributed by atoms with E-state index in [0.29, 0.717) is 38.0 Å². The number of aromatic nitrogens is 1. The summed E-state index contributed by atoms with van der Waals surface area (Å²) in [4.78, 5) is 34.3. The van der Waals surface area contributed by atoms with Gasteiger partial charge in [0.2, 0.25) is 0 Å². The summed E-state index contributed by atoms with van der Waals surface area (Å²) >= 11 is 8.92. The van der Waals surface area contributed by atoms with Crippen LogP contribution in [0, 0.1) is 0 Å². The van der Waals surface area contributed by atoms with Gasteiger partial charge in [0.25, 0.3) is 5.56 Å². The van der Waals surface area contributed by atoms with Crippen LogP contribution in [0.5, 0.6) is 5.75 Å². The molecule has 0 saturated carbocycles. The molecule has 6 nitrogen and oxygen atoms in total. The molecule has 0 unspecified atom stereocenters. The van der Waals surface area contributed by atoms with E-state index >= 15 is 0 Å². The number of benzene rings is 4. The quantitative estimate of drug-likeness (QED) is 0.128. The van der Waals surface area contributed by atoms with Gasteiger partial charge in [0.05, 0.1) is 28.5 Å². The number of thiazole rings is 1. The molecule has 1 atom stereocenters. The van der Waals surface area contributed by atoms with Crippen molar-refractivity contribution in [3.63, 3.8) is 0 Å². The van der Waals surface area contributed by atoms with Gasteiger partial charge in [0, 0.05) is 15.5 Å². The second kappa shape index (κ2) is 13.7. The summed E-state index contributed by atoms with van der Waals surface area (Å²) in [5.74, 6) is 0.174. The van der Waals surface area contributed by atoms with E-state index in [0.717, 1.165) is 27.1 Å². The minimum Gasteiger partial charge on any atom is -0.489 e. The Hall–Kier alpha value is -4.37. The Balaban J connectivity index is 1.47. The van der Waals surface area contributed by atoms with E-state index < -0.39 is 12.0 Å². The first-order chi connectivity index (χ1) is 21.9. The summed E-state index contributed by atoms with van der Waals surface area (Å²) in [5.41, 5.74) is 3.96. The number of hydrogen-bond donors (Lipinski definition) is 0. The number of rotatable bonds is 9. The molecule has 226 valence electrons. The summed E-state index contributed by atoms with van der Waals surface area (Å²) in [5, 5.41) is 0.673. The summed E-state index contributed by atoms with van der Waals surface area (Å²) < 4.78 is 13.7. The zero-order chi connectivity index (χ0) is 31.3. The first kappa shape index (κ1) is 30.6. The van der Waals surface area contributed by atoms with E-state index in [1.807, 2.05) is 115 Å². The van der Waals surface area contributed by atoms with Crippen molar-refractivity contribution in [3.8, 4) is 5.75 Å². The highest BCUT2D eigenvalue weighted by Gasteiger charge is 2.35. The maximum atomic E-state index is 14.2. The summed E-state index contributed by atoms with van der Waals surface area (Å²) in [7, 11) is 0. The van der Waals surface area contributed by atoms with E-state index in [4.69, 9.17) is 26.1 Å². The van der Waals surface area contributed by atoms with Gasteiger partial charge < -0.3 is 9.47 Å². The zero-order valence-electron chi connectivity index (χ0n) is 24.6. The Morgan fingerprint density at radius 1 is 1.00 bits per heavy atom. The van der Waals surface area contributed by atoms with Crippen molar-refractivity contribution in [2.75, 3.05) is 12.9 Å². The SMILES string of the molecule is CCOC(=O)C1=C(c2ccccc2)N=c2s/c(=C/c3cccc(OCc4ccc(Cl)cc4)c3)c(=O)n2[C@H]1c1ccc(SC)cc1. The lowest BCUT2D eigenvalue weighted by Gasteiger charge is -2.26. The van der Waals surface area contributed by atoms with E-state index in [-0.39, 0.29) is 12.2 Å². The van der Waals surface area contributed by atoms with Gasteiger partial charge in [-0.15, -0.1) is 11.8 Å². The molecular formula is C36H29ClN2O4S2. The first-order valence-corrected chi connectivity index (χ1v) is 16.8. The number of nitrogens with zero attached hydrogens (tertiary/aromatic N) is 2. The third-order valence-corrected chi connectivity index (χ3v) is 9.26. The van der Waals surface area contributed by atoms with Crippen molar-refractivity contribution in [3.05, 3.63) is 156 Å². The fourth-order valence-corrected chi connectivity index (χ4v) is 6.67. The molecule has 5 aromatic rings. The maximum absolute atomic E-state index is 14.2. The lowest BCUT2D eigenvalue weighted by molar-refractivity contribution is -0.138. The number of thioether (sulfide) groups is 1. The highest BCUT2D eigenvalue weighted by molar-refractivity contribution is 7.98. The molecule has 0 saturated heterocycles. The van der Waals surface area contributed by atoms with Gasteiger partial charge in [-0.3, -0.25) is 9.36 Å². The highest BCUT2D eigenvalue weighted by atomic mass is 35.5. The van der Waals surface area contributed by atoms with Gasteiger partial charge in [-0.25, -0.2) is 9.79 Å². The first-order valence-electron chi connectivity index (χ1n) is 14.3. The monoisotopic (exact) mass is 652 g/mol. The Morgan fingerprint density at radius 3 is 2.47 bits per heavy atom. The minimum absolute atomic E-state index is 0.198. The standard InChI is InChI=1S/C36H29ClN2O4S2/c1-3-42-35(41)31-32(25-9-5-4-6-10-25)38-36-39(33(31)26-14-18-29(44-2)19-15-26)34(40)30(45-36)21-24-8-7-11-28(20-24)43-22-23-12-16-27(37)17-13-23/h4-21,33H,3,22H2,1-2H3/b30-21+/t33-/m0/s1. The van der Waals surface area contributed by atoms with Crippen LogP contribution in [0.2, 0.25) is 5.02 Å². The van der Waals surface area contributed by atoms with Crippen LogP contribution in [0.1, 0.15) is 35.2 Å². The maximum Gasteiger partial charge on any atom is 0.338 e. The molecule has 0 fully saturated rings. The van der Waals surface area contributed by atoms with E-state index in [9.17, 15) is 9.59 Å². The fraction of sp³-hybridized carbons (Fsp3) is 0.139. The molecule has 45 heavy (non-hydrogen) atoms. The van der Waals surface area contributed by atoms with Crippen molar-refractivity contribution < 1.29 is 14.3 Å². The lowest BCUT2D eigenvalue weighted by Crippen LogP contribution is -2.40. The predicted octanol–water partition coefficient (Wildman–Crippen LogP) is 6.89. The number of halogens is 1. The Labute approximate surface area is 274 Å². The molecular weight excluding hydrogens is 624 g/mol. The topological polar surface area (TPSA) is 69.9 Å². The minimum atomic E-state index is -0.720. The second-order valence-corrected chi connectivity index (χ2v) is 12.5. The molecule has 0 aliphatic carbocycles. The van der Waals surface area contributed by atoms with Crippen LogP contribution in [0.15, 0.2) is 123 Å². The normalized spacial score (nSPS) is 14.6. The Kier molecular flexibility index (Phi) is 9.35. The molecule has 0 bridgehead atoms. The summed E-state index contributed by atoms with van der Waals surface area (Å²) in [6.45, 7) is 2.35. The van der Waals surface area contributed by atoms with E-state index in [1.54, 1.807) is 23.3 Å². The molecule has 6 rings (SSSR count). The third kappa shape index (κ3) is 6.68. The van der Waals surface area contributed by atoms with Crippen molar-refractivity contribution in [2.45, 2.75) is 24.5 Å². The van der Waals surface area contributed by atoms with Crippen LogP contribution in [-0.2, 0) is 16.1 Å². The van der Waals surface area contributed by atoms with E-state index in [2.05, 4.69) is 0 Å².